The van der Waals surface area contributed by atoms with Crippen LogP contribution in [0.15, 0.2) is 40.9 Å². The number of nitrogen functional groups attached to an aromatic ring is 1. The number of nitrogens with two attached hydrogens (primary N) is 1. The van der Waals surface area contributed by atoms with Gasteiger partial charge in [0.15, 0.2) is 0 Å². The summed E-state index contributed by atoms with van der Waals surface area (Å²) < 4.78 is 11.8. The van der Waals surface area contributed by atoms with E-state index in [0.717, 1.165) is 10.2 Å². The van der Waals surface area contributed by atoms with Crippen LogP contribution in [0.5, 0.6) is 17.2 Å². The van der Waals surface area contributed by atoms with Crippen molar-refractivity contribution in [3.8, 4) is 17.2 Å². The quantitative estimate of drug-likeness (QED) is 0.867. The number of rotatable bonds is 3. The number of anilines is 1. The van der Waals surface area contributed by atoms with E-state index in [1.165, 1.54) is 5.56 Å². The summed E-state index contributed by atoms with van der Waals surface area (Å²) in [5, 5.41) is 0. The van der Waals surface area contributed by atoms with E-state index in [0.29, 0.717) is 17.2 Å². The van der Waals surface area contributed by atoms with E-state index in [2.05, 4.69) is 15.9 Å². The molecule has 0 amide bonds. The molecule has 0 saturated heterocycles. The highest BCUT2D eigenvalue weighted by molar-refractivity contribution is 9.10. The van der Waals surface area contributed by atoms with E-state index in [1.54, 1.807) is 25.3 Å². The van der Waals surface area contributed by atoms with Gasteiger partial charge in [0.05, 0.1) is 11.6 Å². The summed E-state index contributed by atoms with van der Waals surface area (Å²) >= 11 is 3.47. The van der Waals surface area contributed by atoms with Gasteiger partial charge >= 0.3 is 0 Å². The third kappa shape index (κ3) is 2.96. The summed E-state index contributed by atoms with van der Waals surface area (Å²) in [6.45, 7) is 2.03. The molecule has 2 rings (SSSR count). The fourth-order valence-electron chi connectivity index (χ4n) is 1.59. The highest BCUT2D eigenvalue weighted by atomic mass is 79.9. The normalized spacial score (nSPS) is 10.2. The maximum Gasteiger partial charge on any atom is 0.141 e. The van der Waals surface area contributed by atoms with E-state index in [-0.39, 0.29) is 0 Å². The average Bonchev–Trinajstić information content (AvgIpc) is 2.32. The van der Waals surface area contributed by atoms with Crippen molar-refractivity contribution in [2.45, 2.75) is 6.92 Å². The Hall–Kier alpha value is -1.68. The zero-order chi connectivity index (χ0) is 13.1. The summed E-state index contributed by atoms with van der Waals surface area (Å²) in [7, 11) is 1.60. The first-order valence-electron chi connectivity index (χ1n) is 5.47. The Morgan fingerprint density at radius 3 is 2.44 bits per heavy atom. The number of hydrogen-bond acceptors (Lipinski definition) is 3. The first-order chi connectivity index (χ1) is 8.58. The van der Waals surface area contributed by atoms with Crippen molar-refractivity contribution in [1.29, 1.82) is 0 Å². The molecule has 0 aromatic heterocycles. The second kappa shape index (κ2) is 5.31. The van der Waals surface area contributed by atoms with Crippen molar-refractivity contribution >= 4 is 21.6 Å². The molecule has 0 radical (unpaired) electrons. The van der Waals surface area contributed by atoms with Crippen molar-refractivity contribution in [1.82, 2.24) is 0 Å². The van der Waals surface area contributed by atoms with E-state index in [1.807, 2.05) is 25.1 Å². The lowest BCUT2D eigenvalue weighted by atomic mass is 10.2. The van der Waals surface area contributed by atoms with Crippen LogP contribution in [-0.2, 0) is 0 Å². The number of methoxy groups -OCH3 is 1. The minimum Gasteiger partial charge on any atom is -0.497 e. The standard InChI is InChI=1S/C14H14BrNO2/c1-9-3-4-14(13(15)5-9)18-12-7-10(16)6-11(8-12)17-2/h3-8H,16H2,1-2H3. The Labute approximate surface area is 115 Å². The van der Waals surface area contributed by atoms with Gasteiger partial charge < -0.3 is 15.2 Å². The van der Waals surface area contributed by atoms with Crippen molar-refractivity contribution < 1.29 is 9.47 Å². The van der Waals surface area contributed by atoms with Crippen LogP contribution in [0.25, 0.3) is 0 Å². The van der Waals surface area contributed by atoms with Crippen LogP contribution >= 0.6 is 15.9 Å². The topological polar surface area (TPSA) is 44.5 Å². The van der Waals surface area contributed by atoms with Crippen LogP contribution < -0.4 is 15.2 Å². The summed E-state index contributed by atoms with van der Waals surface area (Å²) in [5.74, 6) is 2.07. The van der Waals surface area contributed by atoms with Gasteiger partial charge in [0.2, 0.25) is 0 Å². The number of ether oxygens (including phenoxy) is 2. The molecule has 0 saturated carbocycles. The molecule has 94 valence electrons. The molecule has 0 heterocycles. The van der Waals surface area contributed by atoms with Crippen LogP contribution in [0.3, 0.4) is 0 Å². The Bertz CT molecular complexity index is 570. The van der Waals surface area contributed by atoms with E-state index in [9.17, 15) is 0 Å². The Morgan fingerprint density at radius 2 is 1.78 bits per heavy atom. The third-order valence-corrected chi connectivity index (χ3v) is 3.07. The van der Waals surface area contributed by atoms with Gasteiger partial charge in [0.1, 0.15) is 17.2 Å². The minimum atomic E-state index is 0.604. The molecule has 0 bridgehead atoms. The first-order valence-corrected chi connectivity index (χ1v) is 6.26. The molecule has 4 heteroatoms. The molecule has 0 fully saturated rings. The van der Waals surface area contributed by atoms with Crippen LogP contribution in [0, 0.1) is 6.92 Å². The fourth-order valence-corrected chi connectivity index (χ4v) is 2.16. The molecule has 3 nitrogen and oxygen atoms in total. The van der Waals surface area contributed by atoms with Crippen LogP contribution in [-0.4, -0.2) is 7.11 Å². The van der Waals surface area contributed by atoms with E-state index in [4.69, 9.17) is 15.2 Å². The Kier molecular flexibility index (Phi) is 3.77. The number of halogens is 1. The lowest BCUT2D eigenvalue weighted by Gasteiger charge is -2.10. The molecule has 0 aliphatic carbocycles. The predicted molar refractivity (Wildman–Crippen MR) is 76.4 cm³/mol. The highest BCUT2D eigenvalue weighted by Gasteiger charge is 2.05. The lowest BCUT2D eigenvalue weighted by Crippen LogP contribution is -1.92. The van der Waals surface area contributed by atoms with Gasteiger partial charge in [-0.3, -0.25) is 0 Å². The van der Waals surface area contributed by atoms with Gasteiger partial charge in [0, 0.05) is 23.9 Å². The van der Waals surface area contributed by atoms with Crippen LogP contribution in [0.4, 0.5) is 5.69 Å². The fraction of sp³-hybridized carbons (Fsp3) is 0.143. The minimum absolute atomic E-state index is 0.604. The number of hydrogen-bond donors (Lipinski definition) is 1. The molecule has 2 aromatic rings. The molecular formula is C14H14BrNO2. The molecule has 0 atom stereocenters. The maximum atomic E-state index is 5.78. The monoisotopic (exact) mass is 307 g/mol. The van der Waals surface area contributed by atoms with Crippen molar-refractivity contribution in [2.75, 3.05) is 12.8 Å². The number of aryl methyl sites for hydroxylation is 1. The van der Waals surface area contributed by atoms with Crippen molar-refractivity contribution in [3.05, 3.63) is 46.4 Å². The van der Waals surface area contributed by atoms with Gasteiger partial charge in [-0.15, -0.1) is 0 Å². The van der Waals surface area contributed by atoms with Crippen molar-refractivity contribution in [3.63, 3.8) is 0 Å². The molecule has 0 aliphatic rings. The molecular weight excluding hydrogens is 294 g/mol. The highest BCUT2D eigenvalue weighted by Crippen LogP contribution is 2.33. The first kappa shape index (κ1) is 12.8. The molecule has 2 N–H and O–H groups in total. The van der Waals surface area contributed by atoms with Gasteiger partial charge in [-0.05, 0) is 40.5 Å². The smallest absolute Gasteiger partial charge is 0.141 e. The predicted octanol–water partition coefficient (Wildman–Crippen LogP) is 4.14. The van der Waals surface area contributed by atoms with E-state index < -0.39 is 0 Å². The summed E-state index contributed by atoms with van der Waals surface area (Å²) in [5.41, 5.74) is 7.55. The third-order valence-electron chi connectivity index (χ3n) is 2.45. The van der Waals surface area contributed by atoms with Crippen LogP contribution in [0.1, 0.15) is 5.56 Å². The Balaban J connectivity index is 2.30. The van der Waals surface area contributed by atoms with Crippen LogP contribution in [0.2, 0.25) is 0 Å². The van der Waals surface area contributed by atoms with Gasteiger partial charge in [0.25, 0.3) is 0 Å². The SMILES string of the molecule is COc1cc(N)cc(Oc2ccc(C)cc2Br)c1. The molecule has 0 spiro atoms. The molecule has 18 heavy (non-hydrogen) atoms. The van der Waals surface area contributed by atoms with Gasteiger partial charge in [-0.1, -0.05) is 6.07 Å². The van der Waals surface area contributed by atoms with Gasteiger partial charge in [-0.25, -0.2) is 0 Å². The second-order valence-electron chi connectivity index (χ2n) is 3.98. The van der Waals surface area contributed by atoms with E-state index >= 15 is 0 Å². The van der Waals surface area contributed by atoms with Crippen molar-refractivity contribution in [2.24, 2.45) is 0 Å². The Morgan fingerprint density at radius 1 is 1.06 bits per heavy atom. The molecule has 0 aliphatic heterocycles. The van der Waals surface area contributed by atoms with Gasteiger partial charge in [-0.2, -0.15) is 0 Å². The molecule has 0 unspecified atom stereocenters. The maximum absolute atomic E-state index is 5.78. The summed E-state index contributed by atoms with van der Waals surface area (Å²) in [6.07, 6.45) is 0. The summed E-state index contributed by atoms with van der Waals surface area (Å²) in [4.78, 5) is 0. The lowest BCUT2D eigenvalue weighted by molar-refractivity contribution is 0.409. The largest absolute Gasteiger partial charge is 0.497 e. The average molecular weight is 308 g/mol. The molecule has 2 aromatic carbocycles. The second-order valence-corrected chi connectivity index (χ2v) is 4.83. The zero-order valence-corrected chi connectivity index (χ0v) is 11.8. The summed E-state index contributed by atoms with van der Waals surface area (Å²) in [6, 6.07) is 11.2. The zero-order valence-electron chi connectivity index (χ0n) is 10.2. The number of benzene rings is 2.